The number of para-hydroxylation sites is 1. The molecule has 0 aliphatic heterocycles. The maximum atomic E-state index is 12.3. The highest BCUT2D eigenvalue weighted by Gasteiger charge is 2.18. The monoisotopic (exact) mass is 306 g/mol. The Balaban J connectivity index is 2.25. The number of nitrogens with one attached hydrogen (secondary N) is 1. The highest BCUT2D eigenvalue weighted by atomic mass is 35.5. The molecule has 1 aromatic carbocycles. The van der Waals surface area contributed by atoms with E-state index in [1.54, 1.807) is 0 Å². The number of aliphatic hydroxyl groups is 1. The first-order valence-corrected chi connectivity index (χ1v) is 7.35. The third-order valence-corrected chi connectivity index (χ3v) is 3.67. The third-order valence-electron chi connectivity index (χ3n) is 3.27. The lowest BCUT2D eigenvalue weighted by Crippen LogP contribution is -2.38. The van der Waals surface area contributed by atoms with E-state index in [4.69, 9.17) is 11.6 Å². The van der Waals surface area contributed by atoms with Gasteiger partial charge in [0.25, 0.3) is 5.91 Å². The van der Waals surface area contributed by atoms with Crippen LogP contribution < -0.4 is 5.32 Å². The van der Waals surface area contributed by atoms with E-state index < -0.39 is 0 Å². The molecule has 0 spiro atoms. The van der Waals surface area contributed by atoms with Gasteiger partial charge in [0.1, 0.15) is 0 Å². The summed E-state index contributed by atoms with van der Waals surface area (Å²) in [5, 5.41) is 13.3. The summed E-state index contributed by atoms with van der Waals surface area (Å²) in [6.45, 7) is 3.99. The van der Waals surface area contributed by atoms with Gasteiger partial charge in [-0.3, -0.25) is 9.78 Å². The van der Waals surface area contributed by atoms with Crippen LogP contribution in [-0.4, -0.2) is 28.6 Å². The number of aliphatic hydroxyl groups excluding tert-OH is 1. The number of pyridine rings is 1. The molecule has 4 nitrogen and oxygen atoms in total. The van der Waals surface area contributed by atoms with Gasteiger partial charge in [0.15, 0.2) is 0 Å². The second-order valence-corrected chi connectivity index (χ2v) is 5.86. The average Bonchev–Trinajstić information content (AvgIpc) is 2.46. The van der Waals surface area contributed by atoms with Crippen molar-refractivity contribution >= 4 is 28.4 Å². The Kier molecular flexibility index (Phi) is 5.15. The van der Waals surface area contributed by atoms with Crippen LogP contribution in [0.2, 0.25) is 5.02 Å². The number of fused-ring (bicyclic) bond motifs is 1. The molecule has 1 aromatic heterocycles. The van der Waals surface area contributed by atoms with Crippen molar-refractivity contribution in [1.82, 2.24) is 10.3 Å². The highest BCUT2D eigenvalue weighted by molar-refractivity contribution is 6.38. The van der Waals surface area contributed by atoms with Gasteiger partial charge in [0, 0.05) is 11.6 Å². The van der Waals surface area contributed by atoms with Crippen molar-refractivity contribution in [2.75, 3.05) is 6.61 Å². The van der Waals surface area contributed by atoms with E-state index >= 15 is 0 Å². The summed E-state index contributed by atoms with van der Waals surface area (Å²) < 4.78 is 0. The molecular weight excluding hydrogens is 288 g/mol. The van der Waals surface area contributed by atoms with Gasteiger partial charge in [0.05, 0.1) is 28.8 Å². The SMILES string of the molecule is CC(C)C[C@@H](CO)NC(=O)c1cnc2ccccc2c1Cl. The van der Waals surface area contributed by atoms with Gasteiger partial charge in [-0.1, -0.05) is 43.6 Å². The number of amides is 1. The molecule has 5 heteroatoms. The van der Waals surface area contributed by atoms with Crippen LogP contribution in [0, 0.1) is 5.92 Å². The molecule has 0 saturated heterocycles. The van der Waals surface area contributed by atoms with E-state index in [0.29, 0.717) is 22.9 Å². The Morgan fingerprint density at radius 1 is 1.38 bits per heavy atom. The molecule has 2 rings (SSSR count). The van der Waals surface area contributed by atoms with Crippen molar-refractivity contribution < 1.29 is 9.90 Å². The molecule has 2 aromatic rings. The van der Waals surface area contributed by atoms with Gasteiger partial charge in [-0.2, -0.15) is 0 Å². The molecule has 0 aliphatic carbocycles. The molecule has 0 aliphatic rings. The summed E-state index contributed by atoms with van der Waals surface area (Å²) in [6, 6.07) is 7.13. The van der Waals surface area contributed by atoms with Gasteiger partial charge in [-0.25, -0.2) is 0 Å². The minimum Gasteiger partial charge on any atom is -0.394 e. The normalized spacial score (nSPS) is 12.6. The van der Waals surface area contributed by atoms with E-state index in [2.05, 4.69) is 10.3 Å². The van der Waals surface area contributed by atoms with Crippen molar-refractivity contribution in [3.8, 4) is 0 Å². The molecule has 0 unspecified atom stereocenters. The van der Waals surface area contributed by atoms with Crippen LogP contribution in [0.15, 0.2) is 30.5 Å². The first kappa shape index (κ1) is 15.7. The number of rotatable bonds is 5. The van der Waals surface area contributed by atoms with E-state index in [1.807, 2.05) is 38.1 Å². The van der Waals surface area contributed by atoms with Crippen LogP contribution in [0.5, 0.6) is 0 Å². The van der Waals surface area contributed by atoms with E-state index in [1.165, 1.54) is 6.20 Å². The van der Waals surface area contributed by atoms with Crippen LogP contribution in [0.4, 0.5) is 0 Å². The molecule has 0 bridgehead atoms. The summed E-state index contributed by atoms with van der Waals surface area (Å²) in [5.41, 5.74) is 1.08. The van der Waals surface area contributed by atoms with E-state index in [0.717, 1.165) is 10.9 Å². The molecule has 1 heterocycles. The molecule has 2 N–H and O–H groups in total. The lowest BCUT2D eigenvalue weighted by molar-refractivity contribution is 0.0908. The average molecular weight is 307 g/mol. The van der Waals surface area contributed by atoms with Crippen molar-refractivity contribution in [1.29, 1.82) is 0 Å². The van der Waals surface area contributed by atoms with E-state index in [-0.39, 0.29) is 18.6 Å². The van der Waals surface area contributed by atoms with Gasteiger partial charge >= 0.3 is 0 Å². The Morgan fingerprint density at radius 2 is 2.10 bits per heavy atom. The van der Waals surface area contributed by atoms with Crippen molar-refractivity contribution in [2.24, 2.45) is 5.92 Å². The topological polar surface area (TPSA) is 62.2 Å². The summed E-state index contributed by atoms with van der Waals surface area (Å²) in [5.74, 6) is 0.0746. The summed E-state index contributed by atoms with van der Waals surface area (Å²) in [6.07, 6.45) is 2.19. The predicted octanol–water partition coefficient (Wildman–Crippen LogP) is 3.03. The van der Waals surface area contributed by atoms with Crippen molar-refractivity contribution in [3.63, 3.8) is 0 Å². The number of hydrogen-bond acceptors (Lipinski definition) is 3. The number of nitrogens with zero attached hydrogens (tertiary/aromatic N) is 1. The molecule has 1 atom stereocenters. The van der Waals surface area contributed by atoms with E-state index in [9.17, 15) is 9.90 Å². The van der Waals surface area contributed by atoms with Gasteiger partial charge < -0.3 is 10.4 Å². The fourth-order valence-corrected chi connectivity index (χ4v) is 2.57. The smallest absolute Gasteiger partial charge is 0.254 e. The fourth-order valence-electron chi connectivity index (χ4n) is 2.28. The number of aromatic nitrogens is 1. The minimum absolute atomic E-state index is 0.0947. The molecule has 21 heavy (non-hydrogen) atoms. The maximum Gasteiger partial charge on any atom is 0.254 e. The predicted molar refractivity (Wildman–Crippen MR) is 84.5 cm³/mol. The Bertz CT molecular complexity index is 643. The zero-order chi connectivity index (χ0) is 15.4. The number of carbonyl (C=O) groups is 1. The molecule has 1 amide bonds. The number of carbonyl (C=O) groups excluding carboxylic acids is 1. The first-order valence-electron chi connectivity index (χ1n) is 6.98. The Labute approximate surface area is 129 Å². The Morgan fingerprint density at radius 3 is 2.76 bits per heavy atom. The Hall–Kier alpha value is -1.65. The molecule has 0 radical (unpaired) electrons. The van der Waals surface area contributed by atoms with Crippen LogP contribution in [0.25, 0.3) is 10.9 Å². The number of benzene rings is 1. The standard InChI is InChI=1S/C16H19ClN2O2/c1-10(2)7-11(9-20)19-16(21)13-8-18-14-6-4-3-5-12(14)15(13)17/h3-6,8,10-11,20H,7,9H2,1-2H3,(H,19,21)/t11-/m0/s1. The van der Waals surface area contributed by atoms with Crippen LogP contribution in [0.3, 0.4) is 0 Å². The third kappa shape index (κ3) is 3.71. The molecule has 0 saturated carbocycles. The molecular formula is C16H19ClN2O2. The largest absolute Gasteiger partial charge is 0.394 e. The second kappa shape index (κ2) is 6.87. The van der Waals surface area contributed by atoms with Crippen molar-refractivity contribution in [3.05, 3.63) is 41.0 Å². The summed E-state index contributed by atoms with van der Waals surface area (Å²) in [7, 11) is 0. The first-order chi connectivity index (χ1) is 10.0. The van der Waals surface area contributed by atoms with Crippen molar-refractivity contribution in [2.45, 2.75) is 26.3 Å². The maximum absolute atomic E-state index is 12.3. The summed E-state index contributed by atoms with van der Waals surface area (Å²) >= 11 is 6.31. The summed E-state index contributed by atoms with van der Waals surface area (Å²) in [4.78, 5) is 16.6. The van der Waals surface area contributed by atoms with Crippen LogP contribution in [-0.2, 0) is 0 Å². The minimum atomic E-state index is -0.307. The molecule has 112 valence electrons. The highest BCUT2D eigenvalue weighted by Crippen LogP contribution is 2.25. The number of hydrogen-bond donors (Lipinski definition) is 2. The van der Waals surface area contributed by atoms with Gasteiger partial charge in [0.2, 0.25) is 0 Å². The van der Waals surface area contributed by atoms with Gasteiger partial charge in [-0.05, 0) is 18.4 Å². The van der Waals surface area contributed by atoms with Gasteiger partial charge in [-0.15, -0.1) is 0 Å². The van der Waals surface area contributed by atoms with Crippen LogP contribution in [0.1, 0.15) is 30.6 Å². The lowest BCUT2D eigenvalue weighted by Gasteiger charge is -2.18. The van der Waals surface area contributed by atoms with Crippen LogP contribution >= 0.6 is 11.6 Å². The zero-order valence-electron chi connectivity index (χ0n) is 12.1. The second-order valence-electron chi connectivity index (χ2n) is 5.49. The molecule has 0 fully saturated rings. The number of halogens is 1. The zero-order valence-corrected chi connectivity index (χ0v) is 12.9. The quantitative estimate of drug-likeness (QED) is 0.892. The lowest BCUT2D eigenvalue weighted by atomic mass is 10.0. The fraction of sp³-hybridized carbons (Fsp3) is 0.375.